The monoisotopic (exact) mass is 244 g/mol. The first-order valence-electron chi connectivity index (χ1n) is 5.34. The zero-order valence-corrected chi connectivity index (χ0v) is 9.75. The van der Waals surface area contributed by atoms with E-state index in [1.807, 2.05) is 13.0 Å². The van der Waals surface area contributed by atoms with E-state index in [0.717, 1.165) is 0 Å². The van der Waals surface area contributed by atoms with Crippen molar-refractivity contribution < 1.29 is 14.3 Å². The summed E-state index contributed by atoms with van der Waals surface area (Å²) in [6, 6.07) is 9.94. The largest absolute Gasteiger partial charge is 0.478 e. The smallest absolute Gasteiger partial charge is 0.335 e. The summed E-state index contributed by atoms with van der Waals surface area (Å²) in [4.78, 5) is 10.7. The van der Waals surface area contributed by atoms with Gasteiger partial charge in [0, 0.05) is 0 Å². The van der Waals surface area contributed by atoms with E-state index in [4.69, 9.17) is 9.52 Å². The fourth-order valence-electron chi connectivity index (χ4n) is 1.38. The number of hydrogen-bond acceptors (Lipinski definition) is 4. The van der Waals surface area contributed by atoms with Gasteiger partial charge in [0.05, 0.1) is 17.5 Å². The van der Waals surface area contributed by atoms with Crippen LogP contribution in [0, 0.1) is 0 Å². The maximum atomic E-state index is 10.7. The van der Waals surface area contributed by atoms with Gasteiger partial charge in [0.15, 0.2) is 0 Å². The Hall–Kier alpha value is -2.56. The molecule has 2 N–H and O–H groups in total. The van der Waals surface area contributed by atoms with Crippen LogP contribution in [0.25, 0.3) is 0 Å². The Morgan fingerprint density at radius 1 is 1.28 bits per heavy atom. The molecule has 0 radical (unpaired) electrons. The number of rotatable bonds is 4. The van der Waals surface area contributed by atoms with Gasteiger partial charge < -0.3 is 9.52 Å². The van der Waals surface area contributed by atoms with Crippen molar-refractivity contribution in [2.24, 2.45) is 5.10 Å². The van der Waals surface area contributed by atoms with Crippen molar-refractivity contribution in [1.82, 2.24) is 0 Å². The predicted octanol–water partition coefficient (Wildman–Crippen LogP) is 2.81. The lowest BCUT2D eigenvalue weighted by atomic mass is 10.2. The van der Waals surface area contributed by atoms with Crippen molar-refractivity contribution in [2.45, 2.75) is 6.92 Å². The van der Waals surface area contributed by atoms with Gasteiger partial charge in [-0.2, -0.15) is 5.10 Å². The summed E-state index contributed by atoms with van der Waals surface area (Å²) in [6.45, 7) is 1.82. The Labute approximate surface area is 104 Å². The molecule has 18 heavy (non-hydrogen) atoms. The molecule has 0 fully saturated rings. The summed E-state index contributed by atoms with van der Waals surface area (Å²) in [5.41, 5.74) is 4.50. The van der Waals surface area contributed by atoms with E-state index in [0.29, 0.717) is 17.2 Å². The zero-order chi connectivity index (χ0) is 13.0. The Morgan fingerprint density at radius 3 is 2.56 bits per heavy atom. The number of hydrazone groups is 1. The molecule has 0 saturated carbocycles. The molecule has 0 amide bonds. The van der Waals surface area contributed by atoms with Crippen molar-refractivity contribution in [1.29, 1.82) is 0 Å². The molecule has 0 spiro atoms. The van der Waals surface area contributed by atoms with E-state index in [1.165, 1.54) is 12.1 Å². The van der Waals surface area contributed by atoms with Crippen LogP contribution in [0.3, 0.4) is 0 Å². The normalized spacial score (nSPS) is 11.3. The molecule has 1 aromatic heterocycles. The molecule has 0 saturated heterocycles. The summed E-state index contributed by atoms with van der Waals surface area (Å²) in [5, 5.41) is 12.9. The first-order chi connectivity index (χ1) is 8.66. The first-order valence-corrected chi connectivity index (χ1v) is 5.34. The van der Waals surface area contributed by atoms with Gasteiger partial charge in [-0.15, -0.1) is 0 Å². The van der Waals surface area contributed by atoms with Crippen LogP contribution in [0.15, 0.2) is 52.2 Å². The minimum atomic E-state index is -0.947. The van der Waals surface area contributed by atoms with E-state index in [9.17, 15) is 4.79 Å². The van der Waals surface area contributed by atoms with Crippen molar-refractivity contribution in [3.63, 3.8) is 0 Å². The maximum Gasteiger partial charge on any atom is 0.335 e. The molecule has 5 heteroatoms. The molecular weight excluding hydrogens is 232 g/mol. The molecular formula is C13H12N2O3. The topological polar surface area (TPSA) is 74.8 Å². The molecule has 5 nitrogen and oxygen atoms in total. The highest BCUT2D eigenvalue weighted by atomic mass is 16.4. The van der Waals surface area contributed by atoms with Crippen molar-refractivity contribution in [2.75, 3.05) is 5.43 Å². The Balaban J connectivity index is 2.06. The Kier molecular flexibility index (Phi) is 3.43. The van der Waals surface area contributed by atoms with E-state index < -0.39 is 5.97 Å². The van der Waals surface area contributed by atoms with Crippen molar-refractivity contribution >= 4 is 17.4 Å². The molecule has 1 heterocycles. The highest BCUT2D eigenvalue weighted by molar-refractivity contribution is 5.96. The van der Waals surface area contributed by atoms with Gasteiger partial charge in [-0.1, -0.05) is 0 Å². The van der Waals surface area contributed by atoms with E-state index in [-0.39, 0.29) is 5.56 Å². The fourth-order valence-corrected chi connectivity index (χ4v) is 1.38. The maximum absolute atomic E-state index is 10.7. The second-order valence-electron chi connectivity index (χ2n) is 3.67. The summed E-state index contributed by atoms with van der Waals surface area (Å²) in [6.07, 6.45) is 1.58. The molecule has 0 aliphatic carbocycles. The van der Waals surface area contributed by atoms with Gasteiger partial charge in [0.1, 0.15) is 11.5 Å². The van der Waals surface area contributed by atoms with Gasteiger partial charge >= 0.3 is 5.97 Å². The molecule has 2 aromatic rings. The molecule has 92 valence electrons. The SMILES string of the molecule is C/C(=N\Nc1ccc(C(=O)O)cc1)c1ccco1. The van der Waals surface area contributed by atoms with Crippen LogP contribution in [-0.2, 0) is 0 Å². The van der Waals surface area contributed by atoms with E-state index in [1.54, 1.807) is 24.5 Å². The highest BCUT2D eigenvalue weighted by Gasteiger charge is 2.02. The van der Waals surface area contributed by atoms with Crippen LogP contribution < -0.4 is 5.43 Å². The van der Waals surface area contributed by atoms with Gasteiger partial charge in [0.2, 0.25) is 0 Å². The van der Waals surface area contributed by atoms with Crippen LogP contribution in [0.5, 0.6) is 0 Å². The average Bonchev–Trinajstić information content (AvgIpc) is 2.90. The molecule has 0 atom stereocenters. The van der Waals surface area contributed by atoms with E-state index in [2.05, 4.69) is 10.5 Å². The van der Waals surface area contributed by atoms with Crippen LogP contribution >= 0.6 is 0 Å². The Bertz CT molecular complexity index is 556. The zero-order valence-electron chi connectivity index (χ0n) is 9.75. The molecule has 0 bridgehead atoms. The summed E-state index contributed by atoms with van der Waals surface area (Å²) in [7, 11) is 0. The average molecular weight is 244 g/mol. The number of nitrogens with zero attached hydrogens (tertiary/aromatic N) is 1. The van der Waals surface area contributed by atoms with Gasteiger partial charge in [-0.05, 0) is 43.3 Å². The van der Waals surface area contributed by atoms with Crippen LogP contribution in [0.1, 0.15) is 23.0 Å². The number of carboxylic acids is 1. The number of aromatic carboxylic acids is 1. The molecule has 0 unspecified atom stereocenters. The lowest BCUT2D eigenvalue weighted by Crippen LogP contribution is -1.99. The van der Waals surface area contributed by atoms with Gasteiger partial charge in [0.25, 0.3) is 0 Å². The summed E-state index contributed by atoms with van der Waals surface area (Å²) < 4.78 is 5.19. The number of hydrogen-bond donors (Lipinski definition) is 2. The summed E-state index contributed by atoms with van der Waals surface area (Å²) in [5.74, 6) is -0.263. The lowest BCUT2D eigenvalue weighted by molar-refractivity contribution is 0.0697. The van der Waals surface area contributed by atoms with Gasteiger partial charge in [-0.3, -0.25) is 5.43 Å². The second-order valence-corrected chi connectivity index (χ2v) is 3.67. The van der Waals surface area contributed by atoms with E-state index >= 15 is 0 Å². The molecule has 2 rings (SSSR count). The number of anilines is 1. The number of furan rings is 1. The predicted molar refractivity (Wildman–Crippen MR) is 67.9 cm³/mol. The minimum absolute atomic E-state index is 0.243. The van der Waals surface area contributed by atoms with Crippen molar-refractivity contribution in [3.05, 3.63) is 54.0 Å². The third-order valence-corrected chi connectivity index (χ3v) is 2.36. The number of carboxylic acid groups (broad SMARTS) is 1. The summed E-state index contributed by atoms with van der Waals surface area (Å²) >= 11 is 0. The van der Waals surface area contributed by atoms with Gasteiger partial charge in [-0.25, -0.2) is 4.79 Å². The lowest BCUT2D eigenvalue weighted by Gasteiger charge is -2.02. The quantitative estimate of drug-likeness (QED) is 0.640. The number of nitrogens with one attached hydrogen (secondary N) is 1. The molecule has 0 aliphatic heterocycles. The highest BCUT2D eigenvalue weighted by Crippen LogP contribution is 2.10. The third kappa shape index (κ3) is 2.76. The van der Waals surface area contributed by atoms with Crippen LogP contribution in [0.4, 0.5) is 5.69 Å². The number of benzene rings is 1. The second kappa shape index (κ2) is 5.18. The fraction of sp³-hybridized carbons (Fsp3) is 0.0769. The first kappa shape index (κ1) is 11.9. The van der Waals surface area contributed by atoms with Crippen LogP contribution in [0.2, 0.25) is 0 Å². The van der Waals surface area contributed by atoms with Crippen molar-refractivity contribution in [3.8, 4) is 0 Å². The number of carbonyl (C=O) groups is 1. The Morgan fingerprint density at radius 2 is 2.00 bits per heavy atom. The molecule has 0 aliphatic rings. The standard InChI is InChI=1S/C13H12N2O3/c1-9(12-3-2-8-18-12)14-15-11-6-4-10(5-7-11)13(16)17/h2-8,15H,1H3,(H,16,17)/b14-9+. The van der Waals surface area contributed by atoms with Crippen LogP contribution in [-0.4, -0.2) is 16.8 Å². The third-order valence-electron chi connectivity index (χ3n) is 2.36. The minimum Gasteiger partial charge on any atom is -0.478 e. The molecule has 1 aromatic carbocycles.